The van der Waals surface area contributed by atoms with Crippen molar-refractivity contribution in [3.05, 3.63) is 53.9 Å². The fourth-order valence-corrected chi connectivity index (χ4v) is 2.87. The number of hydrogen-bond donors (Lipinski definition) is 2. The van der Waals surface area contributed by atoms with E-state index in [4.69, 9.17) is 5.73 Å². The molecule has 0 radical (unpaired) electrons. The number of sulfonamides is 1. The van der Waals surface area contributed by atoms with Crippen molar-refractivity contribution in [2.24, 2.45) is 0 Å². The van der Waals surface area contributed by atoms with Crippen LogP contribution in [-0.4, -0.2) is 19.9 Å². The maximum Gasteiger partial charge on any atom is 0.240 e. The van der Waals surface area contributed by atoms with Crippen molar-refractivity contribution in [2.45, 2.75) is 18.2 Å². The van der Waals surface area contributed by atoms with Crippen molar-refractivity contribution >= 4 is 15.7 Å². The van der Waals surface area contributed by atoms with Crippen LogP contribution in [0.15, 0.2) is 47.5 Å². The molecule has 20 heavy (non-hydrogen) atoms. The summed E-state index contributed by atoms with van der Waals surface area (Å²) < 4.78 is 26.8. The molecule has 0 saturated heterocycles. The summed E-state index contributed by atoms with van der Waals surface area (Å²) in [7, 11) is -3.50. The predicted octanol–water partition coefficient (Wildman–Crippen LogP) is 1.49. The highest BCUT2D eigenvalue weighted by Crippen LogP contribution is 2.16. The molecule has 1 aromatic heterocycles. The summed E-state index contributed by atoms with van der Waals surface area (Å²) in [6, 6.07) is 10.2. The Morgan fingerprint density at radius 1 is 1.25 bits per heavy atom. The van der Waals surface area contributed by atoms with E-state index >= 15 is 0 Å². The van der Waals surface area contributed by atoms with Gasteiger partial charge in [-0.05, 0) is 42.8 Å². The molecule has 3 N–H and O–H groups in total. The number of hydrogen-bond acceptors (Lipinski definition) is 4. The second-order valence-corrected chi connectivity index (χ2v) is 6.25. The number of benzene rings is 1. The highest BCUT2D eigenvalue weighted by atomic mass is 32.2. The van der Waals surface area contributed by atoms with E-state index in [9.17, 15) is 8.42 Å². The van der Waals surface area contributed by atoms with Crippen molar-refractivity contribution in [1.82, 2.24) is 9.71 Å². The van der Waals surface area contributed by atoms with Gasteiger partial charge in [-0.25, -0.2) is 13.1 Å². The van der Waals surface area contributed by atoms with Gasteiger partial charge in [0.05, 0.1) is 4.90 Å². The molecule has 2 aromatic rings. The second-order valence-electron chi connectivity index (χ2n) is 4.49. The molecule has 0 saturated carbocycles. The molecule has 0 atom stereocenters. The molecule has 0 spiro atoms. The number of pyridine rings is 1. The van der Waals surface area contributed by atoms with Gasteiger partial charge in [-0.15, -0.1) is 0 Å². The molecule has 0 aliphatic carbocycles. The van der Waals surface area contributed by atoms with Crippen molar-refractivity contribution in [3.63, 3.8) is 0 Å². The van der Waals surface area contributed by atoms with E-state index in [1.807, 2.05) is 18.2 Å². The molecular weight excluding hydrogens is 274 g/mol. The molecular formula is C14H17N3O2S. The summed E-state index contributed by atoms with van der Waals surface area (Å²) in [5.41, 5.74) is 7.86. The number of nitrogen functional groups attached to an aromatic ring is 1. The van der Waals surface area contributed by atoms with E-state index in [1.165, 1.54) is 6.07 Å². The van der Waals surface area contributed by atoms with Crippen molar-refractivity contribution in [2.75, 3.05) is 12.3 Å². The highest BCUT2D eigenvalue weighted by molar-refractivity contribution is 7.89. The minimum atomic E-state index is -3.50. The monoisotopic (exact) mass is 291 g/mol. The molecule has 2 rings (SSSR count). The molecule has 0 unspecified atom stereocenters. The first-order valence-electron chi connectivity index (χ1n) is 6.25. The van der Waals surface area contributed by atoms with Crippen molar-refractivity contribution in [3.8, 4) is 0 Å². The van der Waals surface area contributed by atoms with Gasteiger partial charge in [-0.3, -0.25) is 4.98 Å². The number of nitrogens with one attached hydrogen (secondary N) is 1. The molecule has 0 aliphatic heterocycles. The third-order valence-corrected chi connectivity index (χ3v) is 4.41. The van der Waals surface area contributed by atoms with E-state index in [-0.39, 0.29) is 4.90 Å². The van der Waals surface area contributed by atoms with Crippen LogP contribution in [0.3, 0.4) is 0 Å². The lowest BCUT2D eigenvalue weighted by molar-refractivity contribution is 0.581. The Labute approximate surface area is 118 Å². The molecule has 0 aliphatic rings. The lowest BCUT2D eigenvalue weighted by Crippen LogP contribution is -2.26. The first-order chi connectivity index (χ1) is 9.49. The van der Waals surface area contributed by atoms with Crippen LogP contribution in [0, 0.1) is 6.92 Å². The minimum Gasteiger partial charge on any atom is -0.399 e. The summed E-state index contributed by atoms with van der Waals surface area (Å²) in [5.74, 6) is 0. The first kappa shape index (κ1) is 14.5. The van der Waals surface area contributed by atoms with Gasteiger partial charge in [0.1, 0.15) is 0 Å². The quantitative estimate of drug-likeness (QED) is 0.817. The third-order valence-electron chi connectivity index (χ3n) is 2.95. The average molecular weight is 291 g/mol. The van der Waals surface area contributed by atoms with E-state index < -0.39 is 10.0 Å². The molecule has 0 bridgehead atoms. The molecule has 1 heterocycles. The number of nitrogens with zero attached hydrogens (tertiary/aromatic N) is 1. The zero-order valence-corrected chi connectivity index (χ0v) is 12.0. The van der Waals surface area contributed by atoms with Gasteiger partial charge in [0, 0.05) is 30.5 Å². The van der Waals surface area contributed by atoms with Crippen LogP contribution in [-0.2, 0) is 16.4 Å². The average Bonchev–Trinajstić information content (AvgIpc) is 2.43. The fraction of sp³-hybridized carbons (Fsp3) is 0.214. The van der Waals surface area contributed by atoms with Crippen LogP contribution in [0.5, 0.6) is 0 Å². The van der Waals surface area contributed by atoms with Crippen LogP contribution in [0.4, 0.5) is 5.69 Å². The number of aromatic nitrogens is 1. The van der Waals surface area contributed by atoms with Crippen LogP contribution < -0.4 is 10.5 Å². The Morgan fingerprint density at radius 2 is 2.05 bits per heavy atom. The van der Waals surface area contributed by atoms with Crippen LogP contribution in [0.2, 0.25) is 0 Å². The molecule has 106 valence electrons. The van der Waals surface area contributed by atoms with E-state index in [0.29, 0.717) is 18.7 Å². The topological polar surface area (TPSA) is 85.1 Å². The largest absolute Gasteiger partial charge is 0.399 e. The van der Waals surface area contributed by atoms with E-state index in [0.717, 1.165) is 11.3 Å². The summed E-state index contributed by atoms with van der Waals surface area (Å²) in [6.07, 6.45) is 2.24. The SMILES string of the molecule is Cc1cc(S(=O)(=O)NCCc2ccccn2)ccc1N. The Bertz CT molecular complexity index is 685. The zero-order valence-electron chi connectivity index (χ0n) is 11.2. The Morgan fingerprint density at radius 3 is 2.70 bits per heavy atom. The fourth-order valence-electron chi connectivity index (χ4n) is 1.76. The Kier molecular flexibility index (Phi) is 4.36. The Balaban J connectivity index is 2.02. The van der Waals surface area contributed by atoms with Gasteiger partial charge in [0.25, 0.3) is 0 Å². The van der Waals surface area contributed by atoms with Crippen LogP contribution in [0.1, 0.15) is 11.3 Å². The van der Waals surface area contributed by atoms with Crippen molar-refractivity contribution < 1.29 is 8.42 Å². The van der Waals surface area contributed by atoms with Gasteiger partial charge in [0.2, 0.25) is 10.0 Å². The van der Waals surface area contributed by atoms with E-state index in [2.05, 4.69) is 9.71 Å². The predicted molar refractivity (Wildman–Crippen MR) is 78.7 cm³/mol. The van der Waals surface area contributed by atoms with Gasteiger partial charge in [-0.1, -0.05) is 6.07 Å². The summed E-state index contributed by atoms with van der Waals surface area (Å²) >= 11 is 0. The lowest BCUT2D eigenvalue weighted by atomic mass is 10.2. The van der Waals surface area contributed by atoms with Crippen LogP contribution in [0.25, 0.3) is 0 Å². The Hall–Kier alpha value is -1.92. The van der Waals surface area contributed by atoms with Gasteiger partial charge >= 0.3 is 0 Å². The standard InChI is InChI=1S/C14H17N3O2S/c1-11-10-13(5-6-14(11)15)20(18,19)17-9-7-12-4-2-3-8-16-12/h2-6,8,10,17H,7,9,15H2,1H3. The van der Waals surface area contributed by atoms with Gasteiger partial charge in [-0.2, -0.15) is 0 Å². The van der Waals surface area contributed by atoms with Crippen molar-refractivity contribution in [1.29, 1.82) is 0 Å². The normalized spacial score (nSPS) is 11.4. The maximum atomic E-state index is 12.1. The zero-order chi connectivity index (χ0) is 14.6. The molecule has 6 heteroatoms. The smallest absolute Gasteiger partial charge is 0.240 e. The minimum absolute atomic E-state index is 0.227. The summed E-state index contributed by atoms with van der Waals surface area (Å²) in [6.45, 7) is 2.09. The number of rotatable bonds is 5. The van der Waals surface area contributed by atoms with E-state index in [1.54, 1.807) is 25.3 Å². The molecule has 0 fully saturated rings. The lowest BCUT2D eigenvalue weighted by Gasteiger charge is -2.08. The van der Waals surface area contributed by atoms with Crippen LogP contribution >= 0.6 is 0 Å². The number of nitrogens with two attached hydrogens (primary N) is 1. The molecule has 0 amide bonds. The molecule has 5 nitrogen and oxygen atoms in total. The maximum absolute atomic E-state index is 12.1. The third kappa shape index (κ3) is 3.55. The highest BCUT2D eigenvalue weighted by Gasteiger charge is 2.14. The van der Waals surface area contributed by atoms with Gasteiger partial charge < -0.3 is 5.73 Å². The summed E-state index contributed by atoms with van der Waals surface area (Å²) in [4.78, 5) is 4.37. The molecule has 1 aromatic carbocycles. The number of anilines is 1. The summed E-state index contributed by atoms with van der Waals surface area (Å²) in [5, 5.41) is 0. The number of aryl methyl sites for hydroxylation is 1. The first-order valence-corrected chi connectivity index (χ1v) is 7.73. The second kappa shape index (κ2) is 6.02. The van der Waals surface area contributed by atoms with Gasteiger partial charge in [0.15, 0.2) is 0 Å².